The first-order chi connectivity index (χ1) is 13.7. The van der Waals surface area contributed by atoms with Gasteiger partial charge < -0.3 is 0 Å². The number of hydrogen-bond acceptors (Lipinski definition) is 0. The maximum absolute atomic E-state index is 2.39. The summed E-state index contributed by atoms with van der Waals surface area (Å²) >= 11 is 0. The monoisotopic (exact) mass is 500 g/mol. The zero-order valence-electron chi connectivity index (χ0n) is 17.3. The molecule has 0 spiro atoms. The molecule has 140 valence electrons. The Morgan fingerprint density at radius 2 is 0.517 bits per heavy atom. The van der Waals surface area contributed by atoms with Crippen molar-refractivity contribution in [3.05, 3.63) is 144 Å². The first-order valence-electron chi connectivity index (χ1n) is 9.89. The minimum Gasteiger partial charge on any atom is -0.0622 e. The van der Waals surface area contributed by atoms with Crippen LogP contribution in [-0.2, 0) is 10.8 Å². The van der Waals surface area contributed by atoms with Gasteiger partial charge in [0.2, 0.25) is 0 Å². The van der Waals surface area contributed by atoms with E-state index in [-0.39, 0.29) is 59.7 Å². The third kappa shape index (κ3) is 3.93. The Hall–Kier alpha value is -1.55. The molecule has 0 N–H and O–H groups in total. The molecule has 4 rings (SSSR count). The van der Waals surface area contributed by atoms with Crippen molar-refractivity contribution in [3.63, 3.8) is 0 Å². The van der Waals surface area contributed by atoms with Gasteiger partial charge in [-0.1, -0.05) is 135 Å². The third-order valence-corrected chi connectivity index (χ3v) is 6.40. The molecule has 0 saturated carbocycles. The van der Waals surface area contributed by atoms with Crippen molar-refractivity contribution in [2.75, 3.05) is 0 Å². The van der Waals surface area contributed by atoms with E-state index in [0.29, 0.717) is 0 Å². The van der Waals surface area contributed by atoms with Crippen LogP contribution in [0.1, 0.15) is 36.1 Å². The molecule has 0 nitrogen and oxygen atoms in total. The molecule has 0 fully saturated rings. The maximum Gasteiger partial charge on any atom is 0.0309 e. The summed E-state index contributed by atoms with van der Waals surface area (Å²) in [6, 6.07) is 43.6. The van der Waals surface area contributed by atoms with Crippen LogP contribution in [0.3, 0.4) is 0 Å². The quantitative estimate of drug-likeness (QED) is 0.271. The van der Waals surface area contributed by atoms with Crippen molar-refractivity contribution in [3.8, 4) is 0 Å². The van der Waals surface area contributed by atoms with Gasteiger partial charge in [-0.25, -0.2) is 0 Å². The van der Waals surface area contributed by atoms with Gasteiger partial charge in [0.25, 0.3) is 0 Å². The predicted octanol–water partition coefficient (Wildman–Crippen LogP) is 6.62. The molecule has 4 aromatic rings. The topological polar surface area (TPSA) is 0 Å². The van der Waals surface area contributed by atoms with Crippen LogP contribution in [0.25, 0.3) is 0 Å². The second kappa shape index (κ2) is 9.51. The first-order valence-corrected chi connectivity index (χ1v) is 9.89. The van der Waals surface area contributed by atoms with Crippen molar-refractivity contribution in [2.45, 2.75) is 24.7 Å². The van der Waals surface area contributed by atoms with Crippen molar-refractivity contribution in [1.82, 2.24) is 0 Å². The van der Waals surface area contributed by atoms with E-state index in [0.717, 1.165) is 0 Å². The minimum absolute atomic E-state index is 0. The predicted molar refractivity (Wildman–Crippen MR) is 124 cm³/mol. The minimum atomic E-state index is -0.252. The van der Waals surface area contributed by atoms with Crippen LogP contribution >= 0.6 is 0 Å². The molecule has 2 radical (unpaired) electrons. The Balaban J connectivity index is 0.00000240. The zero-order chi connectivity index (χ0) is 19.5. The van der Waals surface area contributed by atoms with Crippen molar-refractivity contribution in [1.29, 1.82) is 0 Å². The van der Waals surface area contributed by atoms with E-state index in [1.165, 1.54) is 22.3 Å². The van der Waals surface area contributed by atoms with Crippen molar-refractivity contribution in [2.24, 2.45) is 0 Å². The second-order valence-electron chi connectivity index (χ2n) is 7.71. The van der Waals surface area contributed by atoms with Gasteiger partial charge in [-0.3, -0.25) is 0 Å². The fraction of sp³-hybridized carbons (Fsp3) is 0.143. The van der Waals surface area contributed by atoms with Crippen molar-refractivity contribution >= 4 is 48.9 Å². The first kappa shape index (κ1) is 22.1. The van der Waals surface area contributed by atoms with Crippen LogP contribution in [0.2, 0.25) is 0 Å². The molecule has 0 bridgehead atoms. The van der Waals surface area contributed by atoms with E-state index in [4.69, 9.17) is 0 Å². The smallest absolute Gasteiger partial charge is 0.0309 e. The molecule has 29 heavy (non-hydrogen) atoms. The van der Waals surface area contributed by atoms with Crippen LogP contribution in [0.5, 0.6) is 0 Å². The number of hydrogen-bond donors (Lipinski definition) is 0. The van der Waals surface area contributed by atoms with E-state index in [2.05, 4.69) is 135 Å². The Labute approximate surface area is 215 Å². The SMILES string of the molecule is CC(c1ccccc1)(c1ccccc1)C(C)(c1ccccc1)c1ccccc1.[Ba]. The van der Waals surface area contributed by atoms with Gasteiger partial charge in [0.05, 0.1) is 0 Å². The molecule has 0 aliphatic heterocycles. The molecule has 0 amide bonds. The Morgan fingerprint density at radius 3 is 0.690 bits per heavy atom. The van der Waals surface area contributed by atoms with E-state index in [9.17, 15) is 0 Å². The standard InChI is InChI=1S/C28H26.Ba/c1-27(23-15-7-3-8-16-23,24-17-9-4-10-18-24)28(2,25-19-11-5-12-20-25)26-21-13-6-14-22-26;/h3-22H,1-2H3;. The van der Waals surface area contributed by atoms with Crippen LogP contribution in [0, 0.1) is 0 Å². The van der Waals surface area contributed by atoms with E-state index < -0.39 is 0 Å². The van der Waals surface area contributed by atoms with Crippen molar-refractivity contribution < 1.29 is 0 Å². The third-order valence-electron chi connectivity index (χ3n) is 6.40. The van der Waals surface area contributed by atoms with Gasteiger partial charge in [0, 0.05) is 59.7 Å². The van der Waals surface area contributed by atoms with Gasteiger partial charge in [-0.15, -0.1) is 0 Å². The molecule has 0 aromatic heterocycles. The number of benzene rings is 4. The average Bonchev–Trinajstić information content (AvgIpc) is 2.80. The Bertz CT molecular complexity index is 843. The summed E-state index contributed by atoms with van der Waals surface area (Å²) in [4.78, 5) is 0. The normalized spacial score (nSPS) is 11.5. The zero-order valence-corrected chi connectivity index (χ0v) is 21.7. The largest absolute Gasteiger partial charge is 0.0622 e. The van der Waals surface area contributed by atoms with Crippen LogP contribution in [-0.4, -0.2) is 48.9 Å². The molecule has 0 aliphatic carbocycles. The van der Waals surface area contributed by atoms with Crippen LogP contribution < -0.4 is 0 Å². The van der Waals surface area contributed by atoms with E-state index >= 15 is 0 Å². The Kier molecular flexibility index (Phi) is 7.26. The van der Waals surface area contributed by atoms with Gasteiger partial charge in [0.1, 0.15) is 0 Å². The Morgan fingerprint density at radius 1 is 0.345 bits per heavy atom. The number of rotatable bonds is 5. The molecular formula is C28H26Ba. The van der Waals surface area contributed by atoms with Crippen LogP contribution in [0.15, 0.2) is 121 Å². The molecule has 1 heteroatoms. The van der Waals surface area contributed by atoms with Gasteiger partial charge in [-0.2, -0.15) is 0 Å². The summed E-state index contributed by atoms with van der Waals surface area (Å²) in [5.74, 6) is 0. The molecule has 0 saturated heterocycles. The summed E-state index contributed by atoms with van der Waals surface area (Å²) in [6.45, 7) is 4.77. The molecule has 0 atom stereocenters. The fourth-order valence-corrected chi connectivity index (χ4v) is 4.57. The van der Waals surface area contributed by atoms with Gasteiger partial charge >= 0.3 is 0 Å². The second-order valence-corrected chi connectivity index (χ2v) is 7.71. The molecule has 0 aliphatic rings. The van der Waals surface area contributed by atoms with Gasteiger partial charge in [-0.05, 0) is 22.3 Å². The fourth-order valence-electron chi connectivity index (χ4n) is 4.57. The van der Waals surface area contributed by atoms with E-state index in [1.807, 2.05) is 0 Å². The summed E-state index contributed by atoms with van der Waals surface area (Å²) in [5, 5.41) is 0. The van der Waals surface area contributed by atoms with Gasteiger partial charge in [0.15, 0.2) is 0 Å². The average molecular weight is 500 g/mol. The van der Waals surface area contributed by atoms with E-state index in [1.54, 1.807) is 0 Å². The summed E-state index contributed by atoms with van der Waals surface area (Å²) in [6.07, 6.45) is 0. The summed E-state index contributed by atoms with van der Waals surface area (Å²) < 4.78 is 0. The summed E-state index contributed by atoms with van der Waals surface area (Å²) in [5.41, 5.74) is 4.76. The molecule has 0 unspecified atom stereocenters. The summed E-state index contributed by atoms with van der Waals surface area (Å²) in [7, 11) is 0. The molecule has 0 heterocycles. The molecular weight excluding hydrogens is 474 g/mol. The van der Waals surface area contributed by atoms with Crippen LogP contribution in [0.4, 0.5) is 0 Å². The molecule has 4 aromatic carbocycles. The maximum atomic E-state index is 2.39.